The van der Waals surface area contributed by atoms with E-state index < -0.39 is 0 Å². The van der Waals surface area contributed by atoms with E-state index in [9.17, 15) is 0 Å². The Hall–Kier alpha value is -3.06. The van der Waals surface area contributed by atoms with Gasteiger partial charge in [-0.15, -0.1) is 11.3 Å². The third-order valence-electron chi connectivity index (χ3n) is 3.66. The Bertz CT molecular complexity index is 906. The fourth-order valence-corrected chi connectivity index (χ4v) is 3.04. The van der Waals surface area contributed by atoms with Gasteiger partial charge in [0.15, 0.2) is 11.5 Å². The highest BCUT2D eigenvalue weighted by Gasteiger charge is 2.12. The maximum atomic E-state index is 5.35. The van der Waals surface area contributed by atoms with Crippen molar-refractivity contribution in [2.24, 2.45) is 5.10 Å². The molecule has 0 unspecified atom stereocenters. The van der Waals surface area contributed by atoms with Gasteiger partial charge in [-0.1, -0.05) is 0 Å². The van der Waals surface area contributed by atoms with Gasteiger partial charge in [-0.2, -0.15) is 5.10 Å². The van der Waals surface area contributed by atoms with Crippen molar-refractivity contribution in [1.29, 1.82) is 0 Å². The largest absolute Gasteiger partial charge is 0.497 e. The van der Waals surface area contributed by atoms with Crippen LogP contribution in [0.15, 0.2) is 52.9 Å². The van der Waals surface area contributed by atoms with Crippen LogP contribution < -0.4 is 19.6 Å². The first-order valence-corrected chi connectivity index (χ1v) is 8.48. The predicted molar refractivity (Wildman–Crippen MR) is 97.9 cm³/mol. The summed E-state index contributed by atoms with van der Waals surface area (Å²) in [7, 11) is 1.65. The van der Waals surface area contributed by atoms with Gasteiger partial charge < -0.3 is 14.2 Å². The first-order chi connectivity index (χ1) is 12.3. The molecule has 7 heteroatoms. The van der Waals surface area contributed by atoms with Gasteiger partial charge in [0, 0.05) is 10.9 Å². The molecular weight excluding hydrogens is 338 g/mol. The summed E-state index contributed by atoms with van der Waals surface area (Å²) in [5.74, 6) is 2.32. The number of anilines is 1. The Morgan fingerprint density at radius 2 is 2.00 bits per heavy atom. The zero-order valence-electron chi connectivity index (χ0n) is 13.4. The summed E-state index contributed by atoms with van der Waals surface area (Å²) < 4.78 is 15.8. The van der Waals surface area contributed by atoms with E-state index in [1.165, 1.54) is 11.3 Å². The van der Waals surface area contributed by atoms with Crippen molar-refractivity contribution >= 4 is 22.7 Å². The lowest BCUT2D eigenvalue weighted by atomic mass is 10.2. The molecule has 6 nitrogen and oxygen atoms in total. The number of fused-ring (bicyclic) bond motifs is 1. The minimum absolute atomic E-state index is 0.265. The van der Waals surface area contributed by atoms with E-state index in [0.717, 1.165) is 39.2 Å². The molecule has 1 aliphatic rings. The number of hydrogen-bond donors (Lipinski definition) is 1. The molecule has 0 saturated heterocycles. The zero-order chi connectivity index (χ0) is 17.1. The number of hydrazone groups is 1. The fourth-order valence-electron chi connectivity index (χ4n) is 2.37. The Kier molecular flexibility index (Phi) is 4.22. The van der Waals surface area contributed by atoms with Crippen molar-refractivity contribution in [3.05, 3.63) is 53.4 Å². The van der Waals surface area contributed by atoms with Gasteiger partial charge in [-0.3, -0.25) is 5.43 Å². The summed E-state index contributed by atoms with van der Waals surface area (Å²) in [5.41, 5.74) is 5.80. The quantitative estimate of drug-likeness (QED) is 0.555. The number of thiazole rings is 1. The molecular formula is C18H15N3O3S. The van der Waals surface area contributed by atoms with Crippen LogP contribution in [0.1, 0.15) is 5.56 Å². The number of ether oxygens (including phenoxy) is 3. The third-order valence-corrected chi connectivity index (χ3v) is 4.41. The second kappa shape index (κ2) is 6.82. The van der Waals surface area contributed by atoms with Gasteiger partial charge >= 0.3 is 0 Å². The number of hydrogen-bond acceptors (Lipinski definition) is 7. The number of benzene rings is 2. The van der Waals surface area contributed by atoms with E-state index in [1.54, 1.807) is 13.3 Å². The molecule has 0 aliphatic carbocycles. The van der Waals surface area contributed by atoms with Gasteiger partial charge in [0.1, 0.15) is 5.75 Å². The lowest BCUT2D eigenvalue weighted by molar-refractivity contribution is 0.174. The maximum absolute atomic E-state index is 5.35. The molecule has 1 aromatic heterocycles. The van der Waals surface area contributed by atoms with Crippen LogP contribution in [0.5, 0.6) is 17.2 Å². The SMILES string of the molecule is COc1ccc(-c2csc(N/N=C/c3ccc4c(c3)OCO4)n2)cc1. The summed E-state index contributed by atoms with van der Waals surface area (Å²) in [6.07, 6.45) is 1.72. The van der Waals surface area contributed by atoms with Gasteiger partial charge in [0.2, 0.25) is 11.9 Å². The van der Waals surface area contributed by atoms with E-state index in [4.69, 9.17) is 14.2 Å². The van der Waals surface area contributed by atoms with Crippen LogP contribution in [0.2, 0.25) is 0 Å². The molecule has 0 fully saturated rings. The van der Waals surface area contributed by atoms with Crippen LogP contribution in [0.3, 0.4) is 0 Å². The highest BCUT2D eigenvalue weighted by Crippen LogP contribution is 2.32. The molecule has 0 radical (unpaired) electrons. The average Bonchev–Trinajstić information content (AvgIpc) is 3.31. The molecule has 0 saturated carbocycles. The first kappa shape index (κ1) is 15.5. The Morgan fingerprint density at radius 3 is 2.84 bits per heavy atom. The van der Waals surface area contributed by atoms with Gasteiger partial charge in [-0.05, 0) is 48.0 Å². The Morgan fingerprint density at radius 1 is 1.16 bits per heavy atom. The summed E-state index contributed by atoms with van der Waals surface area (Å²) in [6.45, 7) is 0.265. The number of nitrogens with zero attached hydrogens (tertiary/aromatic N) is 2. The molecule has 126 valence electrons. The summed E-state index contributed by atoms with van der Waals surface area (Å²) in [4.78, 5) is 4.53. The highest BCUT2D eigenvalue weighted by molar-refractivity contribution is 7.14. The standard InChI is InChI=1S/C18H15N3O3S/c1-22-14-5-3-13(4-6-14)15-10-25-18(20-15)21-19-9-12-2-7-16-17(8-12)24-11-23-16/h2-10H,11H2,1H3,(H,20,21)/b19-9+. The van der Waals surface area contributed by atoms with E-state index in [1.807, 2.05) is 47.8 Å². The van der Waals surface area contributed by atoms with Crippen molar-refractivity contribution in [1.82, 2.24) is 4.98 Å². The second-order valence-corrected chi connectivity index (χ2v) is 6.11. The zero-order valence-corrected chi connectivity index (χ0v) is 14.2. The van der Waals surface area contributed by atoms with E-state index >= 15 is 0 Å². The summed E-state index contributed by atoms with van der Waals surface area (Å²) in [5, 5.41) is 6.94. The lowest BCUT2D eigenvalue weighted by Gasteiger charge is -2.00. The van der Waals surface area contributed by atoms with Crippen LogP contribution in [0.25, 0.3) is 11.3 Å². The number of rotatable bonds is 5. The molecule has 2 aromatic carbocycles. The smallest absolute Gasteiger partial charge is 0.231 e. The van der Waals surface area contributed by atoms with E-state index in [-0.39, 0.29) is 6.79 Å². The summed E-state index contributed by atoms with van der Waals surface area (Å²) in [6, 6.07) is 13.5. The van der Waals surface area contributed by atoms with Crippen LogP contribution in [0, 0.1) is 0 Å². The number of aromatic nitrogens is 1. The first-order valence-electron chi connectivity index (χ1n) is 7.60. The second-order valence-electron chi connectivity index (χ2n) is 5.25. The molecule has 4 rings (SSSR count). The van der Waals surface area contributed by atoms with Crippen LogP contribution in [-0.4, -0.2) is 25.1 Å². The molecule has 0 amide bonds. The molecule has 3 aromatic rings. The maximum Gasteiger partial charge on any atom is 0.231 e. The van der Waals surface area contributed by atoms with Crippen molar-refractivity contribution in [2.75, 3.05) is 19.3 Å². The molecule has 0 bridgehead atoms. The average molecular weight is 353 g/mol. The monoisotopic (exact) mass is 353 g/mol. The minimum Gasteiger partial charge on any atom is -0.497 e. The van der Waals surface area contributed by atoms with Crippen LogP contribution >= 0.6 is 11.3 Å². The lowest BCUT2D eigenvalue weighted by Crippen LogP contribution is -1.93. The molecule has 25 heavy (non-hydrogen) atoms. The van der Waals surface area contributed by atoms with Gasteiger partial charge in [0.25, 0.3) is 0 Å². The normalized spacial score (nSPS) is 12.5. The van der Waals surface area contributed by atoms with Crippen molar-refractivity contribution in [3.63, 3.8) is 0 Å². The molecule has 1 N–H and O–H groups in total. The summed E-state index contributed by atoms with van der Waals surface area (Å²) >= 11 is 1.50. The molecule has 0 spiro atoms. The molecule has 2 heterocycles. The van der Waals surface area contributed by atoms with E-state index in [2.05, 4.69) is 15.5 Å². The van der Waals surface area contributed by atoms with Gasteiger partial charge in [-0.25, -0.2) is 4.98 Å². The Balaban J connectivity index is 1.42. The van der Waals surface area contributed by atoms with Crippen molar-refractivity contribution in [3.8, 4) is 28.5 Å². The number of methoxy groups -OCH3 is 1. The predicted octanol–water partition coefficient (Wildman–Crippen LogP) is 3.99. The molecule has 1 aliphatic heterocycles. The van der Waals surface area contributed by atoms with Crippen molar-refractivity contribution < 1.29 is 14.2 Å². The van der Waals surface area contributed by atoms with Crippen LogP contribution in [0.4, 0.5) is 5.13 Å². The van der Waals surface area contributed by atoms with Gasteiger partial charge in [0.05, 0.1) is 19.0 Å². The topological polar surface area (TPSA) is 65.0 Å². The Labute approximate surface area is 148 Å². The highest BCUT2D eigenvalue weighted by atomic mass is 32.1. The van der Waals surface area contributed by atoms with Crippen molar-refractivity contribution in [2.45, 2.75) is 0 Å². The van der Waals surface area contributed by atoms with Crippen LogP contribution in [-0.2, 0) is 0 Å². The third kappa shape index (κ3) is 3.41. The fraction of sp³-hybridized carbons (Fsp3) is 0.111. The number of nitrogens with one attached hydrogen (secondary N) is 1. The van der Waals surface area contributed by atoms with E-state index in [0.29, 0.717) is 0 Å². The minimum atomic E-state index is 0.265. The molecule has 0 atom stereocenters.